The lowest BCUT2D eigenvalue weighted by Crippen LogP contribution is -2.22. The van der Waals surface area contributed by atoms with Gasteiger partial charge in [0.15, 0.2) is 0 Å². The highest BCUT2D eigenvalue weighted by Gasteiger charge is 2.29. The zero-order chi connectivity index (χ0) is 6.78. The predicted octanol–water partition coefficient (Wildman–Crippen LogP) is 2.25. The van der Waals surface area contributed by atoms with Crippen molar-refractivity contribution in [2.45, 2.75) is 19.8 Å². The van der Waals surface area contributed by atoms with Crippen LogP contribution < -0.4 is 0 Å². The molecule has 0 rings (SSSR count). The molecule has 0 aliphatic heterocycles. The van der Waals surface area contributed by atoms with Crippen LogP contribution in [0.25, 0.3) is 0 Å². The Balaban J connectivity index is 3.62. The molecule has 0 N–H and O–H groups in total. The summed E-state index contributed by atoms with van der Waals surface area (Å²) in [4.78, 5) is 0. The highest BCUT2D eigenvalue weighted by atomic mass is 19.3. The van der Waals surface area contributed by atoms with Gasteiger partial charge in [-0.05, 0) is 6.92 Å². The summed E-state index contributed by atoms with van der Waals surface area (Å²) in [5, 5.41) is 0. The molecule has 0 bridgehead atoms. The van der Waals surface area contributed by atoms with Crippen molar-refractivity contribution < 1.29 is 13.2 Å². The topological polar surface area (TPSA) is 0 Å². The van der Waals surface area contributed by atoms with Crippen molar-refractivity contribution in [2.75, 3.05) is 6.67 Å². The first kappa shape index (κ1) is 7.79. The third-order valence-corrected chi connectivity index (χ3v) is 1.10. The molecule has 0 aromatic heterocycles. The zero-order valence-corrected chi connectivity index (χ0v) is 4.92. The second-order valence-electron chi connectivity index (χ2n) is 2.01. The lowest BCUT2D eigenvalue weighted by Gasteiger charge is -2.14. The molecule has 0 heterocycles. The van der Waals surface area contributed by atoms with E-state index in [-0.39, 0.29) is 0 Å². The van der Waals surface area contributed by atoms with Crippen molar-refractivity contribution in [3.05, 3.63) is 0 Å². The number of hydrogen-bond donors (Lipinski definition) is 0. The Morgan fingerprint density at radius 2 is 1.88 bits per heavy atom. The molecule has 0 saturated carbocycles. The molecular formula is C5H9F3. The summed E-state index contributed by atoms with van der Waals surface area (Å²) >= 11 is 0. The van der Waals surface area contributed by atoms with Crippen LogP contribution in [0.4, 0.5) is 13.2 Å². The van der Waals surface area contributed by atoms with Crippen LogP contribution in [0, 0.1) is 5.92 Å². The average molecular weight is 126 g/mol. The van der Waals surface area contributed by atoms with Crippen molar-refractivity contribution in [1.82, 2.24) is 0 Å². The minimum Gasteiger partial charge on any atom is -0.251 e. The van der Waals surface area contributed by atoms with Crippen LogP contribution in [0.2, 0.25) is 0 Å². The molecule has 0 aliphatic rings. The summed E-state index contributed by atoms with van der Waals surface area (Å²) in [6, 6.07) is 0. The molecule has 0 saturated heterocycles. The first-order chi connectivity index (χ1) is 3.48. The minimum atomic E-state index is -2.87. The third kappa shape index (κ3) is 2.19. The zero-order valence-electron chi connectivity index (χ0n) is 4.92. The maximum atomic E-state index is 11.9. The van der Waals surface area contributed by atoms with Crippen LogP contribution in [-0.4, -0.2) is 12.6 Å². The number of hydrogen-bond acceptors (Lipinski definition) is 0. The van der Waals surface area contributed by atoms with E-state index in [1.165, 1.54) is 6.92 Å². The van der Waals surface area contributed by atoms with Gasteiger partial charge in [-0.15, -0.1) is 0 Å². The largest absolute Gasteiger partial charge is 0.251 e. The van der Waals surface area contributed by atoms with Crippen LogP contribution in [0.5, 0.6) is 0 Å². The van der Waals surface area contributed by atoms with E-state index in [0.717, 1.165) is 6.92 Å². The lowest BCUT2D eigenvalue weighted by atomic mass is 10.1. The Morgan fingerprint density at radius 3 is 1.88 bits per heavy atom. The van der Waals surface area contributed by atoms with E-state index in [2.05, 4.69) is 0 Å². The average Bonchev–Trinajstić information content (AvgIpc) is 1.62. The van der Waals surface area contributed by atoms with Gasteiger partial charge in [-0.3, -0.25) is 4.39 Å². The van der Waals surface area contributed by atoms with Crippen molar-refractivity contribution in [3.63, 3.8) is 0 Å². The fraction of sp³-hybridized carbons (Fsp3) is 1.00. The molecular weight excluding hydrogens is 117 g/mol. The molecule has 1 atom stereocenters. The smallest absolute Gasteiger partial charge is 0.250 e. The third-order valence-electron chi connectivity index (χ3n) is 1.10. The standard InChI is InChI=1S/C5H9F3/c1-4(3-6)5(2,7)8/h4H,3H2,1-2H3. The number of halogens is 3. The second kappa shape index (κ2) is 2.37. The van der Waals surface area contributed by atoms with Crippen molar-refractivity contribution in [1.29, 1.82) is 0 Å². The highest BCUT2D eigenvalue weighted by molar-refractivity contribution is 4.65. The van der Waals surface area contributed by atoms with Crippen molar-refractivity contribution in [3.8, 4) is 0 Å². The van der Waals surface area contributed by atoms with Crippen LogP contribution in [-0.2, 0) is 0 Å². The molecule has 0 spiro atoms. The molecule has 1 unspecified atom stereocenters. The molecule has 0 fully saturated rings. The molecule has 0 aromatic carbocycles. The summed E-state index contributed by atoms with van der Waals surface area (Å²) in [7, 11) is 0. The fourth-order valence-corrected chi connectivity index (χ4v) is 0.135. The maximum Gasteiger partial charge on any atom is 0.250 e. The highest BCUT2D eigenvalue weighted by Crippen LogP contribution is 2.22. The first-order valence-electron chi connectivity index (χ1n) is 2.42. The Kier molecular flexibility index (Phi) is 2.31. The number of alkyl halides is 3. The number of rotatable bonds is 2. The predicted molar refractivity (Wildman–Crippen MR) is 25.8 cm³/mol. The van der Waals surface area contributed by atoms with Gasteiger partial charge in [-0.25, -0.2) is 8.78 Å². The van der Waals surface area contributed by atoms with Gasteiger partial charge in [-0.1, -0.05) is 6.92 Å². The lowest BCUT2D eigenvalue weighted by molar-refractivity contribution is -0.0401. The molecule has 0 amide bonds. The molecule has 8 heavy (non-hydrogen) atoms. The molecule has 0 nitrogen and oxygen atoms in total. The Labute approximate surface area is 46.7 Å². The van der Waals surface area contributed by atoms with Gasteiger partial charge in [-0.2, -0.15) is 0 Å². The second-order valence-corrected chi connectivity index (χ2v) is 2.01. The Morgan fingerprint density at radius 1 is 1.50 bits per heavy atom. The first-order valence-corrected chi connectivity index (χ1v) is 2.42. The van der Waals surface area contributed by atoms with Crippen molar-refractivity contribution in [2.24, 2.45) is 5.92 Å². The van der Waals surface area contributed by atoms with Gasteiger partial charge in [0.05, 0.1) is 6.67 Å². The van der Waals surface area contributed by atoms with E-state index in [9.17, 15) is 13.2 Å². The fourth-order valence-electron chi connectivity index (χ4n) is 0.135. The molecule has 0 radical (unpaired) electrons. The summed E-state index contributed by atoms with van der Waals surface area (Å²) in [5.41, 5.74) is 0. The normalized spacial score (nSPS) is 16.1. The van der Waals surface area contributed by atoms with Crippen molar-refractivity contribution >= 4 is 0 Å². The summed E-state index contributed by atoms with van der Waals surface area (Å²) in [5.74, 6) is -4.02. The van der Waals surface area contributed by atoms with Crippen LogP contribution in [0.15, 0.2) is 0 Å². The van der Waals surface area contributed by atoms with Gasteiger partial charge in [0.1, 0.15) is 0 Å². The van der Waals surface area contributed by atoms with Crippen LogP contribution in [0.3, 0.4) is 0 Å². The van der Waals surface area contributed by atoms with Gasteiger partial charge < -0.3 is 0 Å². The summed E-state index contributed by atoms with van der Waals surface area (Å²) in [6.45, 7) is 0.945. The van der Waals surface area contributed by atoms with E-state index in [4.69, 9.17) is 0 Å². The molecule has 0 aliphatic carbocycles. The summed E-state index contributed by atoms with van der Waals surface area (Å²) < 4.78 is 35.2. The van der Waals surface area contributed by atoms with E-state index in [1.54, 1.807) is 0 Å². The molecule has 50 valence electrons. The van der Waals surface area contributed by atoms with E-state index >= 15 is 0 Å². The van der Waals surface area contributed by atoms with Gasteiger partial charge in [0.2, 0.25) is 5.92 Å². The Hall–Kier alpha value is -0.210. The van der Waals surface area contributed by atoms with E-state index in [1.807, 2.05) is 0 Å². The molecule has 3 heteroatoms. The summed E-state index contributed by atoms with van der Waals surface area (Å²) in [6.07, 6.45) is 0. The maximum absolute atomic E-state index is 11.9. The van der Waals surface area contributed by atoms with Gasteiger partial charge in [0.25, 0.3) is 0 Å². The molecule has 0 aromatic rings. The van der Waals surface area contributed by atoms with E-state index < -0.39 is 18.5 Å². The van der Waals surface area contributed by atoms with Crippen LogP contribution in [0.1, 0.15) is 13.8 Å². The van der Waals surface area contributed by atoms with Crippen LogP contribution >= 0.6 is 0 Å². The van der Waals surface area contributed by atoms with Gasteiger partial charge >= 0.3 is 0 Å². The minimum absolute atomic E-state index is 0.719. The Bertz CT molecular complexity index is 64.6. The van der Waals surface area contributed by atoms with E-state index in [0.29, 0.717) is 0 Å². The quantitative estimate of drug-likeness (QED) is 0.532. The SMILES string of the molecule is CC(CF)C(C)(F)F. The van der Waals surface area contributed by atoms with Gasteiger partial charge in [0, 0.05) is 5.92 Å². The monoisotopic (exact) mass is 126 g/mol.